The molecule has 7 heteroatoms. The molecular weight excluding hydrogens is 385 g/mol. The van der Waals surface area contributed by atoms with Gasteiger partial charge in [-0.2, -0.15) is 0 Å². The predicted octanol–water partition coefficient (Wildman–Crippen LogP) is 2.77. The number of hydrogen-bond acceptors (Lipinski definition) is 5. The van der Waals surface area contributed by atoms with Crippen LogP contribution in [0.3, 0.4) is 0 Å². The van der Waals surface area contributed by atoms with Crippen LogP contribution in [0.25, 0.3) is 0 Å². The van der Waals surface area contributed by atoms with E-state index in [9.17, 15) is 14.0 Å². The molecule has 0 unspecified atom stereocenters. The van der Waals surface area contributed by atoms with Gasteiger partial charge in [0.05, 0.1) is 7.11 Å². The summed E-state index contributed by atoms with van der Waals surface area (Å²) in [4.78, 5) is 30.4. The lowest BCUT2D eigenvalue weighted by molar-refractivity contribution is -0.141. The number of rotatable bonds is 11. The molecule has 1 aromatic carbocycles. The number of likely N-dealkylation sites (tertiary alicyclic amines) is 1. The standard InChI is InChI=1S/C23H36FN3O3/c1-25(2)14-15-27(22(28)11-6-12-23(29)30-3)17-19-8-7-13-26(16-19)18-20-9-4-5-10-21(20)24/h4-5,9-10,19H,6-8,11-18H2,1-3H3/t19-/m1/s1. The fourth-order valence-electron chi connectivity index (χ4n) is 3.91. The quantitative estimate of drug-likeness (QED) is 0.515. The average molecular weight is 422 g/mol. The zero-order valence-corrected chi connectivity index (χ0v) is 18.6. The topological polar surface area (TPSA) is 53.1 Å². The maximum Gasteiger partial charge on any atom is 0.305 e. The normalized spacial score (nSPS) is 17.2. The third kappa shape index (κ3) is 8.40. The summed E-state index contributed by atoms with van der Waals surface area (Å²) in [6.45, 7) is 4.60. The van der Waals surface area contributed by atoms with Crippen molar-refractivity contribution in [2.75, 3.05) is 53.9 Å². The summed E-state index contributed by atoms with van der Waals surface area (Å²) in [5.41, 5.74) is 0.724. The zero-order chi connectivity index (χ0) is 21.9. The van der Waals surface area contributed by atoms with E-state index in [1.807, 2.05) is 31.1 Å². The smallest absolute Gasteiger partial charge is 0.305 e. The number of esters is 1. The van der Waals surface area contributed by atoms with Gasteiger partial charge in [0, 0.05) is 51.1 Å². The van der Waals surface area contributed by atoms with Gasteiger partial charge >= 0.3 is 5.97 Å². The van der Waals surface area contributed by atoms with Crippen molar-refractivity contribution in [3.8, 4) is 0 Å². The molecule has 30 heavy (non-hydrogen) atoms. The van der Waals surface area contributed by atoms with Crippen LogP contribution < -0.4 is 0 Å². The maximum absolute atomic E-state index is 14.0. The number of amides is 1. The number of ether oxygens (including phenoxy) is 1. The zero-order valence-electron chi connectivity index (χ0n) is 18.6. The molecule has 2 rings (SSSR count). The molecular formula is C23H36FN3O3. The van der Waals surface area contributed by atoms with Gasteiger partial charge in [0.1, 0.15) is 5.82 Å². The Bertz CT molecular complexity index is 683. The van der Waals surface area contributed by atoms with Crippen LogP contribution in [0, 0.1) is 11.7 Å². The molecule has 1 fully saturated rings. The minimum atomic E-state index is -0.279. The monoisotopic (exact) mass is 421 g/mol. The minimum Gasteiger partial charge on any atom is -0.469 e. The molecule has 0 saturated carbocycles. The Balaban J connectivity index is 1.91. The first-order valence-electron chi connectivity index (χ1n) is 10.8. The summed E-state index contributed by atoms with van der Waals surface area (Å²) in [5, 5.41) is 0. The maximum atomic E-state index is 14.0. The molecule has 1 aliphatic heterocycles. The summed E-state index contributed by atoms with van der Waals surface area (Å²) in [6.07, 6.45) is 3.25. The number of piperidine rings is 1. The second kappa shape index (κ2) is 12.6. The largest absolute Gasteiger partial charge is 0.469 e. The van der Waals surface area contributed by atoms with Crippen LogP contribution in [0.2, 0.25) is 0 Å². The molecule has 0 radical (unpaired) electrons. The number of carbonyl (C=O) groups excluding carboxylic acids is 2. The molecule has 0 aliphatic carbocycles. The Morgan fingerprint density at radius 2 is 1.97 bits per heavy atom. The highest BCUT2D eigenvalue weighted by Crippen LogP contribution is 2.21. The number of likely N-dealkylation sites (N-methyl/N-ethyl adjacent to an activating group) is 1. The highest BCUT2D eigenvalue weighted by Gasteiger charge is 2.25. The van der Waals surface area contributed by atoms with Gasteiger partial charge in [0.25, 0.3) is 0 Å². The Kier molecular flexibility index (Phi) is 10.2. The summed E-state index contributed by atoms with van der Waals surface area (Å²) in [5.74, 6) is 0.0240. The summed E-state index contributed by atoms with van der Waals surface area (Å²) in [7, 11) is 5.36. The Hall–Kier alpha value is -1.99. The summed E-state index contributed by atoms with van der Waals surface area (Å²) < 4.78 is 18.7. The highest BCUT2D eigenvalue weighted by molar-refractivity contribution is 5.77. The molecule has 0 bridgehead atoms. The van der Waals surface area contributed by atoms with E-state index in [0.717, 1.165) is 38.0 Å². The fourth-order valence-corrected chi connectivity index (χ4v) is 3.91. The van der Waals surface area contributed by atoms with Gasteiger partial charge in [-0.25, -0.2) is 4.39 Å². The van der Waals surface area contributed by atoms with Gasteiger partial charge in [-0.05, 0) is 51.9 Å². The first kappa shape index (κ1) is 24.3. The van der Waals surface area contributed by atoms with Crippen LogP contribution in [-0.2, 0) is 20.9 Å². The second-order valence-corrected chi connectivity index (χ2v) is 8.41. The van der Waals surface area contributed by atoms with Gasteiger partial charge in [-0.3, -0.25) is 14.5 Å². The van der Waals surface area contributed by atoms with Crippen molar-refractivity contribution in [2.24, 2.45) is 5.92 Å². The van der Waals surface area contributed by atoms with Crippen molar-refractivity contribution in [3.05, 3.63) is 35.6 Å². The minimum absolute atomic E-state index is 0.0898. The van der Waals surface area contributed by atoms with E-state index < -0.39 is 0 Å². The van der Waals surface area contributed by atoms with Crippen LogP contribution in [0.15, 0.2) is 24.3 Å². The Morgan fingerprint density at radius 3 is 2.67 bits per heavy atom. The number of benzene rings is 1. The number of halogens is 1. The van der Waals surface area contributed by atoms with Crippen molar-refractivity contribution in [3.63, 3.8) is 0 Å². The molecule has 1 amide bonds. The van der Waals surface area contributed by atoms with E-state index >= 15 is 0 Å². The van der Waals surface area contributed by atoms with E-state index in [1.165, 1.54) is 13.2 Å². The lowest BCUT2D eigenvalue weighted by Gasteiger charge is -2.36. The molecule has 1 saturated heterocycles. The van der Waals surface area contributed by atoms with Gasteiger partial charge in [0.2, 0.25) is 5.91 Å². The van der Waals surface area contributed by atoms with E-state index in [2.05, 4.69) is 14.5 Å². The Labute approximate surface area is 180 Å². The summed E-state index contributed by atoms with van der Waals surface area (Å²) >= 11 is 0. The van der Waals surface area contributed by atoms with E-state index in [1.54, 1.807) is 6.07 Å². The van der Waals surface area contributed by atoms with E-state index in [-0.39, 0.29) is 24.1 Å². The molecule has 1 atom stereocenters. The average Bonchev–Trinajstić information content (AvgIpc) is 2.72. The van der Waals surface area contributed by atoms with Crippen LogP contribution in [-0.4, -0.2) is 80.5 Å². The number of carbonyl (C=O) groups is 2. The van der Waals surface area contributed by atoms with Crippen molar-refractivity contribution in [1.29, 1.82) is 0 Å². The van der Waals surface area contributed by atoms with Crippen LogP contribution in [0.4, 0.5) is 4.39 Å². The lowest BCUT2D eigenvalue weighted by atomic mass is 9.96. The van der Waals surface area contributed by atoms with Crippen LogP contribution >= 0.6 is 0 Å². The Morgan fingerprint density at radius 1 is 1.20 bits per heavy atom. The second-order valence-electron chi connectivity index (χ2n) is 8.41. The van der Waals surface area contributed by atoms with Gasteiger partial charge in [-0.15, -0.1) is 0 Å². The van der Waals surface area contributed by atoms with Gasteiger partial charge in [0.15, 0.2) is 0 Å². The van der Waals surface area contributed by atoms with Crippen molar-refractivity contribution in [2.45, 2.75) is 38.6 Å². The summed E-state index contributed by atoms with van der Waals surface area (Å²) in [6, 6.07) is 6.93. The van der Waals surface area contributed by atoms with E-state index in [4.69, 9.17) is 0 Å². The van der Waals surface area contributed by atoms with Gasteiger partial charge in [-0.1, -0.05) is 18.2 Å². The fraction of sp³-hybridized carbons (Fsp3) is 0.652. The molecule has 1 aliphatic rings. The van der Waals surface area contributed by atoms with Crippen molar-refractivity contribution >= 4 is 11.9 Å². The third-order valence-corrected chi connectivity index (χ3v) is 5.60. The van der Waals surface area contributed by atoms with Crippen LogP contribution in [0.1, 0.15) is 37.7 Å². The van der Waals surface area contributed by atoms with Crippen molar-refractivity contribution in [1.82, 2.24) is 14.7 Å². The molecule has 168 valence electrons. The number of nitrogens with zero attached hydrogens (tertiary/aromatic N) is 3. The first-order chi connectivity index (χ1) is 14.4. The van der Waals surface area contributed by atoms with Gasteiger partial charge < -0.3 is 14.5 Å². The molecule has 1 heterocycles. The third-order valence-electron chi connectivity index (χ3n) is 5.60. The number of hydrogen-bond donors (Lipinski definition) is 0. The van der Waals surface area contributed by atoms with Crippen LogP contribution in [0.5, 0.6) is 0 Å². The van der Waals surface area contributed by atoms with Crippen molar-refractivity contribution < 1.29 is 18.7 Å². The lowest BCUT2D eigenvalue weighted by Crippen LogP contribution is -2.44. The molecule has 1 aromatic rings. The number of methoxy groups -OCH3 is 1. The molecule has 0 spiro atoms. The molecule has 6 nitrogen and oxygen atoms in total. The molecule has 0 N–H and O–H groups in total. The SMILES string of the molecule is COC(=O)CCCC(=O)N(CCN(C)C)C[C@@H]1CCCN(Cc2ccccc2F)C1. The predicted molar refractivity (Wildman–Crippen MR) is 115 cm³/mol. The first-order valence-corrected chi connectivity index (χ1v) is 10.8. The van der Waals surface area contributed by atoms with E-state index in [0.29, 0.717) is 38.4 Å². The molecule has 0 aromatic heterocycles. The highest BCUT2D eigenvalue weighted by atomic mass is 19.1.